The van der Waals surface area contributed by atoms with Gasteiger partial charge in [0.05, 0.1) is 0 Å². The standard InChI is InChI=1S/C8H19N/c1-6(2)8(4,5)7(3)9/h6-7H,9H2,1-5H3/t7-/m0/s1. The lowest BCUT2D eigenvalue weighted by atomic mass is 9.76. The smallest absolute Gasteiger partial charge is 0.00641 e. The summed E-state index contributed by atoms with van der Waals surface area (Å²) in [6, 6.07) is 0.289. The van der Waals surface area contributed by atoms with Crippen molar-refractivity contribution in [3.63, 3.8) is 0 Å². The maximum Gasteiger partial charge on any atom is 0.00641 e. The first-order valence-corrected chi connectivity index (χ1v) is 3.64. The number of hydrogen-bond acceptors (Lipinski definition) is 1. The van der Waals surface area contributed by atoms with E-state index in [9.17, 15) is 0 Å². The van der Waals surface area contributed by atoms with Crippen molar-refractivity contribution in [1.29, 1.82) is 0 Å². The summed E-state index contributed by atoms with van der Waals surface area (Å²) in [4.78, 5) is 0. The summed E-state index contributed by atoms with van der Waals surface area (Å²) in [6.07, 6.45) is 0. The van der Waals surface area contributed by atoms with Crippen LogP contribution in [0.2, 0.25) is 0 Å². The van der Waals surface area contributed by atoms with Gasteiger partial charge >= 0.3 is 0 Å². The van der Waals surface area contributed by atoms with Crippen LogP contribution in [-0.2, 0) is 0 Å². The van der Waals surface area contributed by atoms with Gasteiger partial charge < -0.3 is 5.73 Å². The van der Waals surface area contributed by atoms with Crippen LogP contribution in [0, 0.1) is 11.3 Å². The molecule has 0 heterocycles. The Morgan fingerprint density at radius 2 is 1.44 bits per heavy atom. The molecule has 0 fully saturated rings. The molecule has 56 valence electrons. The molecule has 0 aromatic heterocycles. The average molecular weight is 129 g/mol. The predicted molar refractivity (Wildman–Crippen MR) is 42.3 cm³/mol. The largest absolute Gasteiger partial charge is 0.327 e. The lowest BCUT2D eigenvalue weighted by Crippen LogP contribution is -2.38. The molecule has 0 rings (SSSR count). The molecular formula is C8H19N. The maximum atomic E-state index is 5.77. The van der Waals surface area contributed by atoms with Gasteiger partial charge in [-0.25, -0.2) is 0 Å². The van der Waals surface area contributed by atoms with Crippen molar-refractivity contribution in [2.45, 2.75) is 40.7 Å². The van der Waals surface area contributed by atoms with E-state index in [-0.39, 0.29) is 11.5 Å². The third-order valence-electron chi connectivity index (χ3n) is 2.66. The molecule has 0 unspecified atom stereocenters. The van der Waals surface area contributed by atoms with Crippen LogP contribution < -0.4 is 5.73 Å². The fraction of sp³-hybridized carbons (Fsp3) is 1.00. The van der Waals surface area contributed by atoms with Crippen molar-refractivity contribution in [3.8, 4) is 0 Å². The molecule has 0 aliphatic heterocycles. The Hall–Kier alpha value is -0.0400. The topological polar surface area (TPSA) is 26.0 Å². The molecule has 0 bridgehead atoms. The van der Waals surface area contributed by atoms with Gasteiger partial charge in [-0.1, -0.05) is 27.7 Å². The van der Waals surface area contributed by atoms with E-state index in [1.54, 1.807) is 0 Å². The molecule has 0 aromatic carbocycles. The van der Waals surface area contributed by atoms with Crippen molar-refractivity contribution in [2.75, 3.05) is 0 Å². The minimum absolute atomic E-state index is 0.278. The number of nitrogens with two attached hydrogens (primary N) is 1. The van der Waals surface area contributed by atoms with Crippen molar-refractivity contribution >= 4 is 0 Å². The Kier molecular flexibility index (Phi) is 2.68. The van der Waals surface area contributed by atoms with E-state index in [0.29, 0.717) is 5.92 Å². The summed E-state index contributed by atoms with van der Waals surface area (Å²) < 4.78 is 0. The van der Waals surface area contributed by atoms with E-state index in [1.165, 1.54) is 0 Å². The van der Waals surface area contributed by atoms with Gasteiger partial charge in [0, 0.05) is 6.04 Å². The molecule has 9 heavy (non-hydrogen) atoms. The highest BCUT2D eigenvalue weighted by Crippen LogP contribution is 2.28. The van der Waals surface area contributed by atoms with Crippen molar-refractivity contribution in [3.05, 3.63) is 0 Å². The lowest BCUT2D eigenvalue weighted by Gasteiger charge is -2.33. The summed E-state index contributed by atoms with van der Waals surface area (Å²) in [5.74, 6) is 0.664. The molecule has 0 radical (unpaired) electrons. The van der Waals surface area contributed by atoms with Crippen LogP contribution in [0.3, 0.4) is 0 Å². The Morgan fingerprint density at radius 3 is 1.44 bits per heavy atom. The Balaban J connectivity index is 4.01. The van der Waals surface area contributed by atoms with Crippen LogP contribution in [0.15, 0.2) is 0 Å². The van der Waals surface area contributed by atoms with Gasteiger partial charge in [0.15, 0.2) is 0 Å². The van der Waals surface area contributed by atoms with Gasteiger partial charge in [-0.3, -0.25) is 0 Å². The zero-order valence-electron chi connectivity index (χ0n) is 7.23. The van der Waals surface area contributed by atoms with Crippen molar-refractivity contribution < 1.29 is 0 Å². The maximum absolute atomic E-state index is 5.77. The highest BCUT2D eigenvalue weighted by molar-refractivity contribution is 4.80. The molecule has 1 nitrogen and oxygen atoms in total. The third-order valence-corrected chi connectivity index (χ3v) is 2.66. The van der Waals surface area contributed by atoms with Crippen LogP contribution in [-0.4, -0.2) is 6.04 Å². The molecule has 0 saturated heterocycles. The van der Waals surface area contributed by atoms with Gasteiger partial charge in [0.2, 0.25) is 0 Å². The lowest BCUT2D eigenvalue weighted by molar-refractivity contribution is 0.206. The van der Waals surface area contributed by atoms with E-state index in [2.05, 4.69) is 34.6 Å². The van der Waals surface area contributed by atoms with Crippen LogP contribution >= 0.6 is 0 Å². The molecule has 0 aliphatic rings. The molecule has 1 heteroatoms. The Morgan fingerprint density at radius 1 is 1.11 bits per heavy atom. The second-order valence-corrected chi connectivity index (χ2v) is 3.76. The van der Waals surface area contributed by atoms with Crippen LogP contribution in [0.5, 0.6) is 0 Å². The van der Waals surface area contributed by atoms with Crippen molar-refractivity contribution in [2.24, 2.45) is 17.1 Å². The zero-order valence-corrected chi connectivity index (χ0v) is 7.23. The predicted octanol–water partition coefficient (Wildman–Crippen LogP) is 2.02. The first-order valence-electron chi connectivity index (χ1n) is 3.64. The normalized spacial score (nSPS) is 16.3. The summed E-state index contributed by atoms with van der Waals surface area (Å²) >= 11 is 0. The molecule has 0 spiro atoms. The monoisotopic (exact) mass is 129 g/mol. The van der Waals surface area contributed by atoms with E-state index >= 15 is 0 Å². The fourth-order valence-electron chi connectivity index (χ4n) is 0.526. The Bertz CT molecular complexity index is 72.6. The average Bonchev–Trinajstić information content (AvgIpc) is 1.65. The van der Waals surface area contributed by atoms with Crippen LogP contribution in [0.1, 0.15) is 34.6 Å². The summed E-state index contributed by atoms with van der Waals surface area (Å²) in [5.41, 5.74) is 6.05. The van der Waals surface area contributed by atoms with Gasteiger partial charge in [-0.15, -0.1) is 0 Å². The van der Waals surface area contributed by atoms with Crippen LogP contribution in [0.4, 0.5) is 0 Å². The fourth-order valence-corrected chi connectivity index (χ4v) is 0.526. The summed E-state index contributed by atoms with van der Waals surface area (Å²) in [6.45, 7) is 10.9. The van der Waals surface area contributed by atoms with E-state index < -0.39 is 0 Å². The zero-order chi connectivity index (χ0) is 7.65. The SMILES string of the molecule is CC(C)C(C)(C)[C@H](C)N. The first kappa shape index (κ1) is 8.96. The molecular weight excluding hydrogens is 110 g/mol. The summed E-state index contributed by atoms with van der Waals surface area (Å²) in [5, 5.41) is 0. The van der Waals surface area contributed by atoms with Gasteiger partial charge in [-0.2, -0.15) is 0 Å². The quantitative estimate of drug-likeness (QED) is 0.606. The number of rotatable bonds is 2. The molecule has 0 amide bonds. The van der Waals surface area contributed by atoms with Gasteiger partial charge in [0.1, 0.15) is 0 Å². The minimum Gasteiger partial charge on any atom is -0.327 e. The van der Waals surface area contributed by atoms with Crippen LogP contribution in [0.25, 0.3) is 0 Å². The molecule has 0 aliphatic carbocycles. The number of hydrogen-bond donors (Lipinski definition) is 1. The first-order chi connectivity index (χ1) is 3.89. The summed E-state index contributed by atoms with van der Waals surface area (Å²) in [7, 11) is 0. The van der Waals surface area contributed by atoms with E-state index in [1.807, 2.05) is 0 Å². The highest BCUT2D eigenvalue weighted by Gasteiger charge is 2.26. The second kappa shape index (κ2) is 2.70. The molecule has 0 aromatic rings. The van der Waals surface area contributed by atoms with Gasteiger partial charge in [-0.05, 0) is 18.3 Å². The highest BCUT2D eigenvalue weighted by atomic mass is 14.7. The second-order valence-electron chi connectivity index (χ2n) is 3.76. The van der Waals surface area contributed by atoms with E-state index in [0.717, 1.165) is 0 Å². The Labute approximate surface area is 58.6 Å². The van der Waals surface area contributed by atoms with Crippen molar-refractivity contribution in [1.82, 2.24) is 0 Å². The van der Waals surface area contributed by atoms with Gasteiger partial charge in [0.25, 0.3) is 0 Å². The van der Waals surface area contributed by atoms with E-state index in [4.69, 9.17) is 5.73 Å². The molecule has 2 N–H and O–H groups in total. The molecule has 0 saturated carbocycles. The minimum atomic E-state index is 0.278. The third kappa shape index (κ3) is 1.98. The molecule has 1 atom stereocenters.